The van der Waals surface area contributed by atoms with Crippen LogP contribution in [0.3, 0.4) is 0 Å². The van der Waals surface area contributed by atoms with Gasteiger partial charge in [0.25, 0.3) is 5.88 Å². The molecule has 0 aliphatic carbocycles. The van der Waals surface area contributed by atoms with E-state index in [1.54, 1.807) is 0 Å². The Hall–Kier alpha value is -3.18. The maximum Gasteiger partial charge on any atom is 0.304 e. The van der Waals surface area contributed by atoms with Crippen molar-refractivity contribution in [3.63, 3.8) is 0 Å². The quantitative estimate of drug-likeness (QED) is 0.606. The normalized spacial score (nSPS) is 12.0. The van der Waals surface area contributed by atoms with Crippen LogP contribution in [0.2, 0.25) is 5.02 Å². The van der Waals surface area contributed by atoms with Crippen LogP contribution in [0, 0.1) is 11.6 Å². The zero-order valence-corrected chi connectivity index (χ0v) is 14.8. The Morgan fingerprint density at radius 1 is 1.32 bits per heavy atom. The molecule has 3 aromatic rings. The monoisotopic (exact) mass is 410 g/mol. The van der Waals surface area contributed by atoms with Crippen LogP contribution in [0.25, 0.3) is 11.4 Å². The van der Waals surface area contributed by atoms with Crippen molar-refractivity contribution in [1.82, 2.24) is 25.2 Å². The predicted molar refractivity (Wildman–Crippen MR) is 92.7 cm³/mol. The molecule has 0 aliphatic rings. The highest BCUT2D eigenvalue weighted by Gasteiger charge is 2.15. The number of aliphatic carboxylic acids is 1. The second-order valence-electron chi connectivity index (χ2n) is 5.71. The second kappa shape index (κ2) is 8.23. The van der Waals surface area contributed by atoms with Crippen LogP contribution in [0.15, 0.2) is 30.5 Å². The van der Waals surface area contributed by atoms with Gasteiger partial charge in [-0.15, -0.1) is 10.2 Å². The lowest BCUT2D eigenvalue weighted by Crippen LogP contribution is -2.30. The van der Waals surface area contributed by atoms with E-state index in [4.69, 9.17) is 27.2 Å². The fourth-order valence-electron chi connectivity index (χ4n) is 2.24. The van der Waals surface area contributed by atoms with Gasteiger partial charge in [-0.2, -0.15) is 4.80 Å². The summed E-state index contributed by atoms with van der Waals surface area (Å²) in [6, 6.07) is 4.09. The van der Waals surface area contributed by atoms with Crippen LogP contribution in [-0.4, -0.2) is 42.3 Å². The van der Waals surface area contributed by atoms with Crippen molar-refractivity contribution in [1.29, 1.82) is 0 Å². The van der Waals surface area contributed by atoms with Crippen LogP contribution >= 0.6 is 11.6 Å². The van der Waals surface area contributed by atoms with Gasteiger partial charge < -0.3 is 15.6 Å². The average Bonchev–Trinajstić information content (AvgIpc) is 3.06. The number of aromatic nitrogens is 5. The molecule has 9 nitrogen and oxygen atoms in total. The van der Waals surface area contributed by atoms with E-state index in [0.717, 1.165) is 16.9 Å². The average molecular weight is 411 g/mol. The molecule has 0 bridgehead atoms. The molecule has 2 heterocycles. The molecule has 0 unspecified atom stereocenters. The van der Waals surface area contributed by atoms with Crippen molar-refractivity contribution in [2.75, 3.05) is 0 Å². The molecule has 12 heteroatoms. The highest BCUT2D eigenvalue weighted by molar-refractivity contribution is 6.30. The number of benzene rings is 1. The molecule has 3 N–H and O–H groups in total. The maximum atomic E-state index is 14.3. The Morgan fingerprint density at radius 2 is 2.11 bits per heavy atom. The van der Waals surface area contributed by atoms with Gasteiger partial charge >= 0.3 is 5.97 Å². The molecule has 146 valence electrons. The highest BCUT2D eigenvalue weighted by atomic mass is 35.5. The third kappa shape index (κ3) is 4.75. The first-order valence-electron chi connectivity index (χ1n) is 7.86. The van der Waals surface area contributed by atoms with E-state index in [1.165, 1.54) is 18.3 Å². The molecule has 0 fully saturated rings. The Kier molecular flexibility index (Phi) is 5.76. The minimum absolute atomic E-state index is 0.0322. The van der Waals surface area contributed by atoms with Crippen molar-refractivity contribution in [2.24, 2.45) is 5.73 Å². The topological polar surface area (TPSA) is 129 Å². The summed E-state index contributed by atoms with van der Waals surface area (Å²) in [6.45, 7) is 0.0322. The summed E-state index contributed by atoms with van der Waals surface area (Å²) in [5.41, 5.74) is 5.95. The van der Waals surface area contributed by atoms with E-state index in [2.05, 4.69) is 20.4 Å². The van der Waals surface area contributed by atoms with Gasteiger partial charge in [-0.3, -0.25) is 4.79 Å². The fraction of sp³-hybridized carbons (Fsp3) is 0.188. The number of nitrogens with zero attached hydrogens (tertiary/aromatic N) is 5. The molecule has 3 rings (SSSR count). The smallest absolute Gasteiger partial charge is 0.304 e. The van der Waals surface area contributed by atoms with Crippen molar-refractivity contribution in [2.45, 2.75) is 19.0 Å². The minimum Gasteiger partial charge on any atom is -0.481 e. The summed E-state index contributed by atoms with van der Waals surface area (Å²) in [5.74, 6) is -3.26. The van der Waals surface area contributed by atoms with Crippen molar-refractivity contribution < 1.29 is 23.4 Å². The van der Waals surface area contributed by atoms with E-state index in [1.807, 2.05) is 0 Å². The molecule has 1 aromatic carbocycles. The third-order valence-corrected chi connectivity index (χ3v) is 3.66. The van der Waals surface area contributed by atoms with E-state index in [0.29, 0.717) is 0 Å². The predicted octanol–water partition coefficient (Wildman–Crippen LogP) is 2.26. The van der Waals surface area contributed by atoms with Gasteiger partial charge in [-0.1, -0.05) is 11.6 Å². The van der Waals surface area contributed by atoms with E-state index in [-0.39, 0.29) is 35.1 Å². The molecule has 0 saturated heterocycles. The van der Waals surface area contributed by atoms with Crippen molar-refractivity contribution in [3.05, 3.63) is 47.1 Å². The maximum absolute atomic E-state index is 14.3. The molecule has 0 radical (unpaired) electrons. The van der Waals surface area contributed by atoms with Crippen molar-refractivity contribution in [3.8, 4) is 23.0 Å². The van der Waals surface area contributed by atoms with Crippen molar-refractivity contribution >= 4 is 17.6 Å². The number of carboxylic acid groups (broad SMARTS) is 1. The zero-order chi connectivity index (χ0) is 20.3. The molecule has 0 aliphatic heterocycles. The lowest BCUT2D eigenvalue weighted by atomic mass is 10.2. The van der Waals surface area contributed by atoms with Crippen LogP contribution in [0.5, 0.6) is 11.6 Å². The summed E-state index contributed by atoms with van der Waals surface area (Å²) in [4.78, 5) is 15.4. The molecule has 1 atom stereocenters. The summed E-state index contributed by atoms with van der Waals surface area (Å²) in [5, 5.41) is 20.4. The summed E-state index contributed by atoms with van der Waals surface area (Å²) < 4.78 is 33.2. The van der Waals surface area contributed by atoms with Gasteiger partial charge in [-0.25, -0.2) is 13.8 Å². The Labute approximate surface area is 161 Å². The first-order valence-corrected chi connectivity index (χ1v) is 8.23. The molecule has 0 amide bonds. The largest absolute Gasteiger partial charge is 0.481 e. The lowest BCUT2D eigenvalue weighted by Gasteiger charge is -2.07. The molecule has 0 saturated carbocycles. The van der Waals surface area contributed by atoms with Gasteiger partial charge in [0, 0.05) is 17.8 Å². The number of rotatable bonds is 7. The molecule has 2 aromatic heterocycles. The van der Waals surface area contributed by atoms with Gasteiger partial charge in [0.05, 0.1) is 18.0 Å². The number of carbonyl (C=O) groups is 1. The Bertz CT molecular complexity index is 1020. The summed E-state index contributed by atoms with van der Waals surface area (Å²) in [6.07, 6.45) is 0.913. The molecular weight excluding hydrogens is 398 g/mol. The van der Waals surface area contributed by atoms with Crippen LogP contribution in [-0.2, 0) is 11.3 Å². The highest BCUT2D eigenvalue weighted by Crippen LogP contribution is 2.28. The molecule has 0 spiro atoms. The van der Waals surface area contributed by atoms with E-state index < -0.39 is 29.5 Å². The standard InChI is InChI=1S/C16H13ClF2N6O3/c17-9-4-12(19)16(21-6-9)28-13-2-1-8(3-11(13)18)15-22-24-25(23-15)7-10(20)5-14(26)27/h1-4,6,10H,5,7,20H2,(H,26,27)/t10-/m0/s1. The third-order valence-electron chi connectivity index (χ3n) is 3.46. The van der Waals surface area contributed by atoms with Gasteiger partial charge in [0.2, 0.25) is 5.82 Å². The fourth-order valence-corrected chi connectivity index (χ4v) is 2.38. The van der Waals surface area contributed by atoms with Crippen LogP contribution < -0.4 is 10.5 Å². The number of hydrogen-bond donors (Lipinski definition) is 2. The minimum atomic E-state index is -1.04. The number of pyridine rings is 1. The van der Waals surface area contributed by atoms with Crippen LogP contribution in [0.4, 0.5) is 8.78 Å². The first-order chi connectivity index (χ1) is 13.3. The summed E-state index contributed by atoms with van der Waals surface area (Å²) in [7, 11) is 0. The number of hydrogen-bond acceptors (Lipinski definition) is 7. The number of nitrogens with two attached hydrogens (primary N) is 1. The van der Waals surface area contributed by atoms with Gasteiger partial charge in [-0.05, 0) is 29.5 Å². The van der Waals surface area contributed by atoms with Gasteiger partial charge in [0.1, 0.15) is 0 Å². The number of halogens is 3. The van der Waals surface area contributed by atoms with E-state index >= 15 is 0 Å². The second-order valence-corrected chi connectivity index (χ2v) is 6.15. The molecule has 28 heavy (non-hydrogen) atoms. The Morgan fingerprint density at radius 3 is 2.79 bits per heavy atom. The number of carboxylic acids is 1. The number of tetrazole rings is 1. The van der Waals surface area contributed by atoms with E-state index in [9.17, 15) is 13.6 Å². The zero-order valence-electron chi connectivity index (χ0n) is 14.1. The van der Waals surface area contributed by atoms with Crippen LogP contribution in [0.1, 0.15) is 6.42 Å². The first kappa shape index (κ1) is 19.6. The molecular formula is C16H13ClF2N6O3. The number of ether oxygens (including phenoxy) is 1. The van der Waals surface area contributed by atoms with Gasteiger partial charge in [0.15, 0.2) is 17.4 Å². The Balaban J connectivity index is 1.74. The lowest BCUT2D eigenvalue weighted by molar-refractivity contribution is -0.137. The SMILES string of the molecule is N[C@@H](CC(=O)O)Cn1nnc(-c2ccc(Oc3ncc(Cl)cc3F)c(F)c2)n1. The summed E-state index contributed by atoms with van der Waals surface area (Å²) >= 11 is 5.61.